The van der Waals surface area contributed by atoms with Crippen LogP contribution in [0.4, 0.5) is 5.69 Å². The molecule has 1 atom stereocenters. The van der Waals surface area contributed by atoms with Crippen LogP contribution in [-0.2, 0) is 19.6 Å². The first-order valence-electron chi connectivity index (χ1n) is 5.99. The number of sulfonamides is 1. The normalized spacial score (nSPS) is 12.9. The number of rotatable bonds is 8. The molecule has 0 heterocycles. The van der Waals surface area contributed by atoms with Crippen molar-refractivity contribution in [2.45, 2.75) is 17.9 Å². The molecule has 0 aliphatic carbocycles. The van der Waals surface area contributed by atoms with Crippen LogP contribution in [0.15, 0.2) is 29.2 Å². The number of benzene rings is 1. The summed E-state index contributed by atoms with van der Waals surface area (Å²) in [5.41, 5.74) is 0.220. The third-order valence-electron chi connectivity index (χ3n) is 2.47. The molecule has 0 aliphatic rings. The van der Waals surface area contributed by atoms with Crippen LogP contribution in [0, 0.1) is 0 Å². The average molecular weight is 302 g/mol. The van der Waals surface area contributed by atoms with E-state index in [0.29, 0.717) is 0 Å². The minimum absolute atomic E-state index is 0.00389. The average Bonchev–Trinajstić information content (AvgIpc) is 2.38. The zero-order valence-corrected chi connectivity index (χ0v) is 12.1. The topological polar surface area (TPSA) is 105 Å². The molecule has 8 heteroatoms. The summed E-state index contributed by atoms with van der Waals surface area (Å²) in [6.07, 6.45) is 0. The third kappa shape index (κ3) is 4.19. The van der Waals surface area contributed by atoms with Crippen LogP contribution in [0.2, 0.25) is 0 Å². The van der Waals surface area contributed by atoms with Gasteiger partial charge in [0.25, 0.3) is 0 Å². The molecule has 1 rings (SSSR count). The highest BCUT2D eigenvalue weighted by Crippen LogP contribution is 2.21. The number of para-hydroxylation sites is 1. The van der Waals surface area contributed by atoms with Gasteiger partial charge in [0.1, 0.15) is 10.9 Å². The van der Waals surface area contributed by atoms with E-state index in [1.807, 2.05) is 0 Å². The molecule has 0 spiro atoms. The second kappa shape index (κ2) is 7.22. The van der Waals surface area contributed by atoms with E-state index in [-0.39, 0.29) is 23.7 Å². The minimum atomic E-state index is -3.67. The van der Waals surface area contributed by atoms with E-state index >= 15 is 0 Å². The molecule has 0 bridgehead atoms. The summed E-state index contributed by atoms with van der Waals surface area (Å²) in [5.74, 6) is -1.12. The first-order chi connectivity index (χ1) is 9.42. The van der Waals surface area contributed by atoms with Crippen LogP contribution in [0.1, 0.15) is 6.92 Å². The van der Waals surface area contributed by atoms with Crippen molar-refractivity contribution in [1.82, 2.24) is 4.72 Å². The Bertz CT molecular complexity index is 559. The van der Waals surface area contributed by atoms with Crippen molar-refractivity contribution in [3.05, 3.63) is 24.3 Å². The summed E-state index contributed by atoms with van der Waals surface area (Å²) < 4.78 is 31.2. The molecular formula is C12H18N2O5S. The van der Waals surface area contributed by atoms with Crippen molar-refractivity contribution in [2.24, 2.45) is 0 Å². The Morgan fingerprint density at radius 3 is 2.60 bits per heavy atom. The van der Waals surface area contributed by atoms with E-state index in [0.717, 1.165) is 0 Å². The monoisotopic (exact) mass is 302 g/mol. The number of hydrogen-bond donors (Lipinski definition) is 3. The Labute approximate surface area is 118 Å². The predicted octanol–water partition coefficient (Wildman–Crippen LogP) is 0.496. The van der Waals surface area contributed by atoms with Gasteiger partial charge in [0.2, 0.25) is 10.0 Å². The maximum absolute atomic E-state index is 12.0. The molecule has 0 amide bonds. The first-order valence-corrected chi connectivity index (χ1v) is 7.47. The van der Waals surface area contributed by atoms with Crippen LogP contribution < -0.4 is 10.0 Å². The van der Waals surface area contributed by atoms with Crippen LogP contribution in [0.3, 0.4) is 0 Å². The summed E-state index contributed by atoms with van der Waals surface area (Å²) in [6, 6.07) is 5.08. The predicted molar refractivity (Wildman–Crippen MR) is 74.2 cm³/mol. The lowest BCUT2D eigenvalue weighted by Gasteiger charge is -2.17. The van der Waals surface area contributed by atoms with Gasteiger partial charge in [-0.1, -0.05) is 19.1 Å². The van der Waals surface area contributed by atoms with E-state index in [9.17, 15) is 13.2 Å². The van der Waals surface area contributed by atoms with Crippen molar-refractivity contribution >= 4 is 21.7 Å². The number of carboxylic acid groups (broad SMARTS) is 1. The number of nitrogens with one attached hydrogen (secondary N) is 2. The highest BCUT2D eigenvalue weighted by Gasteiger charge is 2.22. The fourth-order valence-corrected chi connectivity index (χ4v) is 2.83. The van der Waals surface area contributed by atoms with Gasteiger partial charge in [0.15, 0.2) is 0 Å². The molecule has 0 saturated carbocycles. The molecule has 112 valence electrons. The van der Waals surface area contributed by atoms with Gasteiger partial charge < -0.3 is 15.2 Å². The SMILES string of the molecule is CCNS(=O)(=O)c1ccccc1NC(COC)C(=O)O. The van der Waals surface area contributed by atoms with Gasteiger partial charge in [-0.2, -0.15) is 0 Å². The molecule has 1 aromatic carbocycles. The summed E-state index contributed by atoms with van der Waals surface area (Å²) in [7, 11) is -2.30. The lowest BCUT2D eigenvalue weighted by molar-refractivity contribution is -0.139. The van der Waals surface area contributed by atoms with E-state index in [4.69, 9.17) is 9.84 Å². The molecule has 0 radical (unpaired) electrons. The molecule has 0 aromatic heterocycles. The molecule has 0 saturated heterocycles. The highest BCUT2D eigenvalue weighted by atomic mass is 32.2. The summed E-state index contributed by atoms with van der Waals surface area (Å²) in [4.78, 5) is 11.1. The first kappa shape index (κ1) is 16.4. The summed E-state index contributed by atoms with van der Waals surface area (Å²) in [6.45, 7) is 1.83. The molecule has 0 aliphatic heterocycles. The molecule has 7 nitrogen and oxygen atoms in total. The van der Waals surface area contributed by atoms with E-state index in [1.54, 1.807) is 19.1 Å². The fraction of sp³-hybridized carbons (Fsp3) is 0.417. The second-order valence-corrected chi connectivity index (χ2v) is 5.72. The van der Waals surface area contributed by atoms with Gasteiger partial charge in [-0.05, 0) is 12.1 Å². The number of anilines is 1. The van der Waals surface area contributed by atoms with Gasteiger partial charge in [-0.3, -0.25) is 0 Å². The molecule has 0 fully saturated rings. The highest BCUT2D eigenvalue weighted by molar-refractivity contribution is 7.89. The molecule has 3 N–H and O–H groups in total. The summed E-state index contributed by atoms with van der Waals surface area (Å²) >= 11 is 0. The summed E-state index contributed by atoms with van der Waals surface area (Å²) in [5, 5.41) is 11.7. The smallest absolute Gasteiger partial charge is 0.328 e. The molecule has 1 aromatic rings. The number of hydrogen-bond acceptors (Lipinski definition) is 5. The largest absolute Gasteiger partial charge is 0.480 e. The maximum atomic E-state index is 12.0. The number of ether oxygens (including phenoxy) is 1. The standard InChI is InChI=1S/C12H18N2O5S/c1-3-13-20(17,18)11-7-5-4-6-9(11)14-10(8-19-2)12(15)16/h4-7,10,13-14H,3,8H2,1-2H3,(H,15,16). The van der Waals surface area contributed by atoms with Gasteiger partial charge >= 0.3 is 5.97 Å². The molecule has 20 heavy (non-hydrogen) atoms. The Morgan fingerprint density at radius 1 is 1.40 bits per heavy atom. The van der Waals surface area contributed by atoms with Crippen molar-refractivity contribution in [3.63, 3.8) is 0 Å². The Kier molecular flexibility index (Phi) is 5.93. The van der Waals surface area contributed by atoms with Crippen LogP contribution in [0.25, 0.3) is 0 Å². The lowest BCUT2D eigenvalue weighted by atomic mass is 10.2. The maximum Gasteiger partial charge on any atom is 0.328 e. The fourth-order valence-electron chi connectivity index (χ4n) is 1.62. The van der Waals surface area contributed by atoms with Crippen molar-refractivity contribution in [2.75, 3.05) is 25.6 Å². The molecular weight excluding hydrogens is 284 g/mol. The van der Waals surface area contributed by atoms with E-state index in [2.05, 4.69) is 10.0 Å². The zero-order chi connectivity index (χ0) is 15.2. The van der Waals surface area contributed by atoms with E-state index < -0.39 is 22.0 Å². The van der Waals surface area contributed by atoms with Gasteiger partial charge in [0, 0.05) is 13.7 Å². The third-order valence-corrected chi connectivity index (χ3v) is 4.08. The second-order valence-electron chi connectivity index (χ2n) is 3.99. The Hall–Kier alpha value is -1.64. The molecule has 1 unspecified atom stereocenters. The van der Waals surface area contributed by atoms with Gasteiger partial charge in [-0.25, -0.2) is 17.9 Å². The van der Waals surface area contributed by atoms with Crippen LogP contribution >= 0.6 is 0 Å². The Balaban J connectivity index is 3.10. The Morgan fingerprint density at radius 2 is 2.05 bits per heavy atom. The quantitative estimate of drug-likeness (QED) is 0.646. The number of carbonyl (C=O) groups is 1. The lowest BCUT2D eigenvalue weighted by Crippen LogP contribution is -2.34. The van der Waals surface area contributed by atoms with Crippen LogP contribution in [0.5, 0.6) is 0 Å². The van der Waals surface area contributed by atoms with Gasteiger partial charge in [0.05, 0.1) is 12.3 Å². The minimum Gasteiger partial charge on any atom is -0.480 e. The number of aliphatic carboxylic acids is 1. The van der Waals surface area contributed by atoms with Gasteiger partial charge in [-0.15, -0.1) is 0 Å². The van der Waals surface area contributed by atoms with Crippen LogP contribution in [-0.4, -0.2) is 45.8 Å². The van der Waals surface area contributed by atoms with E-state index in [1.165, 1.54) is 19.2 Å². The van der Waals surface area contributed by atoms with Crippen molar-refractivity contribution < 1.29 is 23.1 Å². The van der Waals surface area contributed by atoms with Crippen molar-refractivity contribution in [1.29, 1.82) is 0 Å². The number of carboxylic acids is 1. The number of methoxy groups -OCH3 is 1. The zero-order valence-electron chi connectivity index (χ0n) is 11.3. The van der Waals surface area contributed by atoms with Crippen molar-refractivity contribution in [3.8, 4) is 0 Å².